The van der Waals surface area contributed by atoms with Crippen molar-refractivity contribution in [2.75, 3.05) is 0 Å². The van der Waals surface area contributed by atoms with Crippen LogP contribution in [0.2, 0.25) is 0 Å². The molecule has 0 aliphatic heterocycles. The third-order valence-corrected chi connectivity index (χ3v) is 5.00. The van der Waals surface area contributed by atoms with Gasteiger partial charge in [0, 0.05) is 0 Å². The van der Waals surface area contributed by atoms with Gasteiger partial charge in [-0.05, 0) is 54.5 Å². The Labute approximate surface area is 77.4 Å². The van der Waals surface area contributed by atoms with Crippen molar-refractivity contribution in [2.45, 2.75) is 0.572 Å². The second-order valence-corrected chi connectivity index (χ2v) is 12.3. The average molecular weight is 380 g/mol. The Kier molecular flexibility index (Phi) is 3.22. The van der Waals surface area contributed by atoms with Gasteiger partial charge in [-0.2, -0.15) is 8.42 Å². The van der Waals surface area contributed by atoms with Crippen LogP contribution in [0, 0.1) is 0 Å². The van der Waals surface area contributed by atoms with E-state index >= 15 is 0 Å². The molecule has 0 aromatic heterocycles. The quantitative estimate of drug-likeness (QED) is 0.429. The molecule has 0 bridgehead atoms. The molecule has 0 atom stereocenters. The lowest BCUT2D eigenvalue weighted by atomic mass is 11.9. The molecule has 0 amide bonds. The zero-order chi connectivity index (χ0) is 7.00. The van der Waals surface area contributed by atoms with Crippen LogP contribution in [0.15, 0.2) is 0 Å². The Morgan fingerprint density at radius 3 is 1.62 bits per heavy atom. The Morgan fingerprint density at radius 1 is 1.50 bits per heavy atom. The molecule has 0 fully saturated rings. The molecule has 0 aliphatic carbocycles. The lowest BCUT2D eigenvalue weighted by molar-refractivity contribution is 0.487. The second kappa shape index (κ2) is 2.69. The summed E-state index contributed by atoms with van der Waals surface area (Å²) in [4.78, 5) is 0. The first-order valence-corrected chi connectivity index (χ1v) is 5.39. The minimum Gasteiger partial charge on any atom is -0.283 e. The largest absolute Gasteiger partial charge is 0.300 e. The third kappa shape index (κ3) is 2.95. The summed E-state index contributed by atoms with van der Waals surface area (Å²) in [6.45, 7) is 0. The normalized spacial score (nSPS) is 14.0. The molecule has 0 saturated carbocycles. The maximum Gasteiger partial charge on any atom is 0.300 e. The van der Waals surface area contributed by atoms with Crippen LogP contribution in [0.1, 0.15) is 0 Å². The van der Waals surface area contributed by atoms with E-state index in [1.807, 2.05) is 0 Å². The summed E-state index contributed by atoms with van der Waals surface area (Å²) in [5.41, 5.74) is 0. The molecule has 0 aliphatic rings. The Hall–Kier alpha value is 1.60. The lowest BCUT2D eigenvalue weighted by Gasteiger charge is -2.04. The van der Waals surface area contributed by atoms with Crippen LogP contribution in [0.4, 0.5) is 0 Å². The standard InChI is InChI=1S/CHBr2IO3S/c2-1(3,4)8(5,6)7/h(H,5,6,7). The van der Waals surface area contributed by atoms with Gasteiger partial charge < -0.3 is 0 Å². The van der Waals surface area contributed by atoms with E-state index in [9.17, 15) is 8.42 Å². The van der Waals surface area contributed by atoms with Gasteiger partial charge in [0.1, 0.15) is 0 Å². The Bertz CT molecular complexity index is 166. The number of hydrogen-bond donors (Lipinski definition) is 1. The maximum atomic E-state index is 10.1. The highest BCUT2D eigenvalue weighted by molar-refractivity contribution is 14.1. The van der Waals surface area contributed by atoms with Crippen LogP contribution >= 0.6 is 54.5 Å². The Balaban J connectivity index is 4.53. The minimum atomic E-state index is -4.02. The van der Waals surface area contributed by atoms with E-state index in [0.29, 0.717) is 0 Å². The molecule has 0 spiro atoms. The smallest absolute Gasteiger partial charge is 0.283 e. The molecule has 50 valence electrons. The molecule has 7 heteroatoms. The summed E-state index contributed by atoms with van der Waals surface area (Å²) in [5, 5.41) is 0. The highest BCUT2D eigenvalue weighted by Crippen LogP contribution is 2.38. The maximum absolute atomic E-state index is 10.1. The monoisotopic (exact) mass is 378 g/mol. The third-order valence-electron chi connectivity index (χ3n) is 0.292. The molecule has 0 unspecified atom stereocenters. The van der Waals surface area contributed by atoms with Gasteiger partial charge in [-0.25, -0.2) is 0 Å². The van der Waals surface area contributed by atoms with E-state index in [1.54, 1.807) is 0 Å². The lowest BCUT2D eigenvalue weighted by Crippen LogP contribution is -2.15. The summed E-state index contributed by atoms with van der Waals surface area (Å²) < 4.78 is 27.0. The Morgan fingerprint density at radius 2 is 1.62 bits per heavy atom. The molecule has 3 nitrogen and oxygen atoms in total. The van der Waals surface area contributed by atoms with Crippen molar-refractivity contribution in [1.82, 2.24) is 0 Å². The van der Waals surface area contributed by atoms with Crippen molar-refractivity contribution in [3.05, 3.63) is 0 Å². The molecular weight excluding hydrogens is 379 g/mol. The van der Waals surface area contributed by atoms with E-state index in [2.05, 4.69) is 31.9 Å². The van der Waals surface area contributed by atoms with Crippen LogP contribution in [-0.2, 0) is 10.1 Å². The first kappa shape index (κ1) is 9.60. The van der Waals surface area contributed by atoms with Gasteiger partial charge in [0.2, 0.25) is 0 Å². The zero-order valence-corrected chi connectivity index (χ0v) is 9.45. The fraction of sp³-hybridized carbons (Fsp3) is 1.00. The second-order valence-electron chi connectivity index (χ2n) is 0.921. The first-order chi connectivity index (χ1) is 3.25. The molecule has 0 aromatic carbocycles. The van der Waals surface area contributed by atoms with E-state index in [1.165, 1.54) is 22.6 Å². The van der Waals surface area contributed by atoms with Crippen LogP contribution in [0.3, 0.4) is 0 Å². The average Bonchev–Trinajstić information content (AvgIpc) is 1.25. The molecular formula is CHBr2IO3S. The van der Waals surface area contributed by atoms with Crippen molar-refractivity contribution in [1.29, 1.82) is 0 Å². The number of halogens is 3. The van der Waals surface area contributed by atoms with Crippen molar-refractivity contribution in [3.8, 4) is 0 Å². The van der Waals surface area contributed by atoms with Gasteiger partial charge in [-0.3, -0.25) is 4.55 Å². The highest BCUT2D eigenvalue weighted by atomic mass is 127. The minimum absolute atomic E-state index is 1.44. The first-order valence-electron chi connectivity index (χ1n) is 1.29. The highest BCUT2D eigenvalue weighted by Gasteiger charge is 2.33. The SMILES string of the molecule is O=S(=O)(O)C(Br)(Br)I. The fourth-order valence-corrected chi connectivity index (χ4v) is 0. The molecule has 0 aromatic rings. The molecule has 0 heterocycles. The summed E-state index contributed by atoms with van der Waals surface area (Å²) >= 11 is 6.81. The molecule has 8 heavy (non-hydrogen) atoms. The van der Waals surface area contributed by atoms with Crippen LogP contribution < -0.4 is 0 Å². The van der Waals surface area contributed by atoms with E-state index in [4.69, 9.17) is 4.55 Å². The molecule has 0 rings (SSSR count). The predicted molar refractivity (Wildman–Crippen MR) is 46.2 cm³/mol. The van der Waals surface area contributed by atoms with E-state index in [0.717, 1.165) is 0 Å². The van der Waals surface area contributed by atoms with Crippen molar-refractivity contribution < 1.29 is 13.0 Å². The predicted octanol–water partition coefficient (Wildman–Crippen LogP) is 1.71. The zero-order valence-electron chi connectivity index (χ0n) is 3.31. The van der Waals surface area contributed by atoms with Gasteiger partial charge in [0.25, 0.3) is 0.572 Å². The van der Waals surface area contributed by atoms with Crippen molar-refractivity contribution in [2.24, 2.45) is 0 Å². The topological polar surface area (TPSA) is 54.4 Å². The van der Waals surface area contributed by atoms with Gasteiger partial charge in [-0.15, -0.1) is 0 Å². The van der Waals surface area contributed by atoms with Crippen LogP contribution in [0.5, 0.6) is 0 Å². The fourth-order valence-electron chi connectivity index (χ4n) is 0. The van der Waals surface area contributed by atoms with Gasteiger partial charge in [0.05, 0.1) is 0 Å². The van der Waals surface area contributed by atoms with Crippen LogP contribution in [0.25, 0.3) is 0 Å². The van der Waals surface area contributed by atoms with Gasteiger partial charge in [-0.1, -0.05) is 0 Å². The molecule has 1 N–H and O–H groups in total. The van der Waals surface area contributed by atoms with Gasteiger partial charge >= 0.3 is 10.1 Å². The summed E-state index contributed by atoms with van der Waals surface area (Å²) in [6, 6.07) is 0. The number of hydrogen-bond acceptors (Lipinski definition) is 2. The summed E-state index contributed by atoms with van der Waals surface area (Å²) in [5.74, 6) is 0. The number of alkyl halides is 3. The molecule has 0 saturated heterocycles. The van der Waals surface area contributed by atoms with E-state index < -0.39 is 10.7 Å². The van der Waals surface area contributed by atoms with Gasteiger partial charge in [0.15, 0.2) is 0 Å². The van der Waals surface area contributed by atoms with Crippen LogP contribution in [-0.4, -0.2) is 13.5 Å². The van der Waals surface area contributed by atoms with Crippen molar-refractivity contribution in [3.63, 3.8) is 0 Å². The summed E-state index contributed by atoms with van der Waals surface area (Å²) in [7, 11) is -4.02. The summed E-state index contributed by atoms with van der Waals surface area (Å²) in [6.07, 6.45) is 0. The number of rotatable bonds is 1. The van der Waals surface area contributed by atoms with E-state index in [-0.39, 0.29) is 0 Å². The molecule has 0 radical (unpaired) electrons. The van der Waals surface area contributed by atoms with Crippen molar-refractivity contribution >= 4 is 64.6 Å².